The van der Waals surface area contributed by atoms with Crippen LogP contribution in [-0.4, -0.2) is 29.2 Å². The van der Waals surface area contributed by atoms with E-state index in [0.29, 0.717) is 12.4 Å². The van der Waals surface area contributed by atoms with Crippen molar-refractivity contribution in [2.45, 2.75) is 12.6 Å². The van der Waals surface area contributed by atoms with Crippen LogP contribution in [0.5, 0.6) is 0 Å². The minimum absolute atomic E-state index is 0.0000737. The molecule has 0 saturated heterocycles. The van der Waals surface area contributed by atoms with Crippen molar-refractivity contribution >= 4 is 5.82 Å². The molecule has 0 spiro atoms. The summed E-state index contributed by atoms with van der Waals surface area (Å²) in [5, 5.41) is 0. The van der Waals surface area contributed by atoms with E-state index in [4.69, 9.17) is 0 Å². The van der Waals surface area contributed by atoms with E-state index in [-0.39, 0.29) is 13.0 Å². The van der Waals surface area contributed by atoms with Crippen molar-refractivity contribution in [1.82, 2.24) is 9.97 Å². The van der Waals surface area contributed by atoms with Gasteiger partial charge in [-0.3, -0.25) is 4.98 Å². The number of hydrogen-bond acceptors (Lipinski definition) is 3. The molecule has 0 fully saturated rings. The Hall–Kier alpha value is -1.59. The number of nitrogens with zero attached hydrogens (tertiary/aromatic N) is 3. The third-order valence-electron chi connectivity index (χ3n) is 2.45. The largest absolute Gasteiger partial charge is 0.412 e. The number of halogens is 3. The molecule has 0 amide bonds. The van der Waals surface area contributed by atoms with Gasteiger partial charge in [0.25, 0.3) is 0 Å². The van der Waals surface area contributed by atoms with Crippen molar-refractivity contribution in [3.05, 3.63) is 30.2 Å². The fourth-order valence-electron chi connectivity index (χ4n) is 1.59. The highest BCUT2D eigenvalue weighted by molar-refractivity contribution is 5.38. The van der Waals surface area contributed by atoms with Crippen LogP contribution in [0.4, 0.5) is 19.0 Å². The average Bonchev–Trinajstić information content (AvgIpc) is 2.29. The third-order valence-corrected chi connectivity index (χ3v) is 2.45. The lowest BCUT2D eigenvalue weighted by atomic mass is 10.1. The van der Waals surface area contributed by atoms with E-state index in [1.54, 1.807) is 11.1 Å². The Bertz CT molecular complexity index is 386. The van der Waals surface area contributed by atoms with Crippen LogP contribution >= 0.6 is 0 Å². The van der Waals surface area contributed by atoms with E-state index in [9.17, 15) is 13.2 Å². The van der Waals surface area contributed by atoms with Crippen LogP contribution in [0.2, 0.25) is 0 Å². The predicted molar refractivity (Wildman–Crippen MR) is 53.0 cm³/mol. The summed E-state index contributed by atoms with van der Waals surface area (Å²) in [7, 11) is 0. The minimum Gasteiger partial charge on any atom is -0.351 e. The lowest BCUT2D eigenvalue weighted by Crippen LogP contribution is -2.32. The molecule has 16 heavy (non-hydrogen) atoms. The van der Waals surface area contributed by atoms with Crippen molar-refractivity contribution in [2.75, 3.05) is 18.0 Å². The van der Waals surface area contributed by atoms with Gasteiger partial charge in [-0.25, -0.2) is 4.98 Å². The van der Waals surface area contributed by atoms with E-state index in [2.05, 4.69) is 9.97 Å². The fraction of sp³-hybridized carbons (Fsp3) is 0.400. The number of rotatable bonds is 1. The van der Waals surface area contributed by atoms with Crippen molar-refractivity contribution in [3.63, 3.8) is 0 Å². The topological polar surface area (TPSA) is 29.0 Å². The highest BCUT2D eigenvalue weighted by Crippen LogP contribution is 2.30. The first kappa shape index (κ1) is 10.9. The van der Waals surface area contributed by atoms with Gasteiger partial charge in [0.1, 0.15) is 5.82 Å². The van der Waals surface area contributed by atoms with Gasteiger partial charge in [0, 0.05) is 31.1 Å². The van der Waals surface area contributed by atoms with Crippen LogP contribution in [0, 0.1) is 0 Å². The maximum absolute atomic E-state index is 12.4. The molecular formula is C10H10F3N3. The summed E-state index contributed by atoms with van der Waals surface area (Å²) >= 11 is 0. The molecule has 2 rings (SSSR count). The normalized spacial score (nSPS) is 17.2. The highest BCUT2D eigenvalue weighted by atomic mass is 19.4. The van der Waals surface area contributed by atoms with E-state index in [1.165, 1.54) is 18.5 Å². The Morgan fingerprint density at radius 3 is 2.56 bits per heavy atom. The third kappa shape index (κ3) is 2.32. The van der Waals surface area contributed by atoms with Crippen LogP contribution in [0.15, 0.2) is 30.2 Å². The second-order valence-electron chi connectivity index (χ2n) is 3.49. The molecule has 1 aliphatic rings. The first-order valence-electron chi connectivity index (χ1n) is 4.84. The van der Waals surface area contributed by atoms with E-state index >= 15 is 0 Å². The summed E-state index contributed by atoms with van der Waals surface area (Å²) < 4.78 is 37.1. The molecule has 0 radical (unpaired) electrons. The Morgan fingerprint density at radius 2 is 2.06 bits per heavy atom. The van der Waals surface area contributed by atoms with Gasteiger partial charge < -0.3 is 4.90 Å². The van der Waals surface area contributed by atoms with Gasteiger partial charge in [-0.15, -0.1) is 0 Å². The van der Waals surface area contributed by atoms with Gasteiger partial charge in [0.15, 0.2) is 0 Å². The Kier molecular flexibility index (Phi) is 2.80. The molecule has 0 N–H and O–H groups in total. The number of hydrogen-bond donors (Lipinski definition) is 0. The minimum atomic E-state index is -4.20. The molecule has 1 aromatic rings. The first-order chi connectivity index (χ1) is 7.57. The molecule has 1 aromatic heterocycles. The van der Waals surface area contributed by atoms with Crippen LogP contribution in [0.1, 0.15) is 6.42 Å². The standard InChI is InChI=1S/C10H10F3N3/c11-10(12,13)8-1-5-16(6-2-8)9-7-14-3-4-15-9/h1,3-4,7H,2,5-6H2. The molecule has 0 bridgehead atoms. The number of alkyl halides is 3. The van der Waals surface area contributed by atoms with Gasteiger partial charge in [-0.1, -0.05) is 6.08 Å². The Labute approximate surface area is 90.6 Å². The highest BCUT2D eigenvalue weighted by Gasteiger charge is 2.34. The van der Waals surface area contributed by atoms with Gasteiger partial charge in [0.2, 0.25) is 0 Å². The summed E-state index contributed by atoms with van der Waals surface area (Å²) in [5.74, 6) is 0.611. The maximum atomic E-state index is 12.4. The molecule has 0 saturated carbocycles. The number of anilines is 1. The summed E-state index contributed by atoms with van der Waals surface area (Å²) in [4.78, 5) is 9.69. The van der Waals surface area contributed by atoms with Gasteiger partial charge >= 0.3 is 6.18 Å². The van der Waals surface area contributed by atoms with Crippen LogP contribution in [0.25, 0.3) is 0 Å². The first-order valence-corrected chi connectivity index (χ1v) is 4.84. The summed E-state index contributed by atoms with van der Waals surface area (Å²) in [6, 6.07) is 0. The Morgan fingerprint density at radius 1 is 1.25 bits per heavy atom. The fourth-order valence-corrected chi connectivity index (χ4v) is 1.59. The predicted octanol–water partition coefficient (Wildman–Crippen LogP) is 2.18. The molecular weight excluding hydrogens is 219 g/mol. The van der Waals surface area contributed by atoms with Crippen molar-refractivity contribution in [3.8, 4) is 0 Å². The molecule has 0 aliphatic carbocycles. The lowest BCUT2D eigenvalue weighted by molar-refractivity contribution is -0.0944. The van der Waals surface area contributed by atoms with Crippen LogP contribution in [0.3, 0.4) is 0 Å². The molecule has 3 nitrogen and oxygen atoms in total. The van der Waals surface area contributed by atoms with Gasteiger partial charge in [-0.05, 0) is 6.42 Å². The zero-order chi connectivity index (χ0) is 11.6. The summed E-state index contributed by atoms with van der Waals surface area (Å²) in [5.41, 5.74) is -0.451. The molecule has 6 heteroatoms. The average molecular weight is 229 g/mol. The quantitative estimate of drug-likeness (QED) is 0.691. The van der Waals surface area contributed by atoms with Crippen LogP contribution in [-0.2, 0) is 0 Å². The molecule has 1 aliphatic heterocycles. The smallest absolute Gasteiger partial charge is 0.351 e. The van der Waals surface area contributed by atoms with E-state index in [0.717, 1.165) is 0 Å². The van der Waals surface area contributed by atoms with Crippen molar-refractivity contribution in [2.24, 2.45) is 0 Å². The van der Waals surface area contributed by atoms with Gasteiger partial charge in [0.05, 0.1) is 6.20 Å². The maximum Gasteiger partial charge on any atom is 0.412 e. The molecule has 2 heterocycles. The SMILES string of the molecule is FC(F)(F)C1=CCN(c2cnccn2)CC1. The molecule has 0 aromatic carbocycles. The summed E-state index contributed by atoms with van der Waals surface area (Å²) in [6.45, 7) is 0.553. The van der Waals surface area contributed by atoms with Crippen molar-refractivity contribution < 1.29 is 13.2 Å². The van der Waals surface area contributed by atoms with Gasteiger partial charge in [-0.2, -0.15) is 13.2 Å². The Balaban J connectivity index is 2.08. The summed E-state index contributed by atoms with van der Waals surface area (Å²) in [6.07, 6.45) is 1.61. The zero-order valence-electron chi connectivity index (χ0n) is 8.41. The van der Waals surface area contributed by atoms with Crippen LogP contribution < -0.4 is 4.90 Å². The molecule has 86 valence electrons. The second-order valence-corrected chi connectivity index (χ2v) is 3.49. The lowest BCUT2D eigenvalue weighted by Gasteiger charge is -2.27. The van der Waals surface area contributed by atoms with Crippen molar-refractivity contribution in [1.29, 1.82) is 0 Å². The second kappa shape index (κ2) is 4.11. The number of aromatic nitrogens is 2. The van der Waals surface area contributed by atoms with E-state index in [1.807, 2.05) is 0 Å². The molecule has 0 atom stereocenters. The monoisotopic (exact) mass is 229 g/mol. The van der Waals surface area contributed by atoms with E-state index < -0.39 is 11.7 Å². The molecule has 0 unspecified atom stereocenters. The zero-order valence-corrected chi connectivity index (χ0v) is 8.41.